The highest BCUT2D eigenvalue weighted by Crippen LogP contribution is 2.35. The topological polar surface area (TPSA) is 58.3 Å². The van der Waals surface area contributed by atoms with Crippen molar-refractivity contribution < 1.29 is 9.47 Å². The van der Waals surface area contributed by atoms with Crippen LogP contribution >= 0.6 is 12.2 Å². The number of benzene rings is 2. The van der Waals surface area contributed by atoms with E-state index in [1.165, 1.54) is 10.9 Å². The molecule has 0 aliphatic carbocycles. The Morgan fingerprint density at radius 1 is 1.19 bits per heavy atom. The number of hydrogen-bond acceptors (Lipinski definition) is 3. The zero-order valence-corrected chi connectivity index (χ0v) is 16.7. The summed E-state index contributed by atoms with van der Waals surface area (Å²) >= 11 is 5.28. The minimum Gasteiger partial charge on any atom is -0.493 e. The molecule has 27 heavy (non-hydrogen) atoms. The summed E-state index contributed by atoms with van der Waals surface area (Å²) in [6.45, 7) is 3.23. The number of rotatable bonds is 7. The van der Waals surface area contributed by atoms with Gasteiger partial charge >= 0.3 is 0 Å². The van der Waals surface area contributed by atoms with Gasteiger partial charge in [-0.2, -0.15) is 0 Å². The summed E-state index contributed by atoms with van der Waals surface area (Å²) < 4.78 is 11.2. The molecule has 0 bridgehead atoms. The molecule has 0 unspecified atom stereocenters. The Morgan fingerprint density at radius 2 is 2.00 bits per heavy atom. The molecule has 0 saturated heterocycles. The fourth-order valence-electron chi connectivity index (χ4n) is 3.25. The minimum absolute atomic E-state index is 0.0945. The van der Waals surface area contributed by atoms with E-state index in [9.17, 15) is 0 Å². The van der Waals surface area contributed by atoms with Crippen molar-refractivity contribution >= 4 is 28.2 Å². The van der Waals surface area contributed by atoms with Crippen LogP contribution in [0.2, 0.25) is 0 Å². The number of aromatic amines is 1. The number of aromatic nitrogens is 1. The molecule has 0 spiro atoms. The van der Waals surface area contributed by atoms with E-state index in [1.807, 2.05) is 32.2 Å². The van der Waals surface area contributed by atoms with E-state index in [2.05, 4.69) is 46.1 Å². The summed E-state index contributed by atoms with van der Waals surface area (Å²) in [6, 6.07) is 14.4. The zero-order valence-electron chi connectivity index (χ0n) is 15.8. The Kier molecular flexibility index (Phi) is 6.19. The summed E-state index contributed by atoms with van der Waals surface area (Å²) in [5, 5.41) is 8.09. The largest absolute Gasteiger partial charge is 0.493 e. The summed E-state index contributed by atoms with van der Waals surface area (Å²) in [4.78, 5) is 3.37. The predicted octanol–water partition coefficient (Wildman–Crippen LogP) is 3.80. The summed E-state index contributed by atoms with van der Waals surface area (Å²) in [7, 11) is 3.48. The number of methoxy groups -OCH3 is 1. The Balaban J connectivity index is 2.03. The van der Waals surface area contributed by atoms with Crippen molar-refractivity contribution in [2.24, 2.45) is 0 Å². The third-order valence-electron chi connectivity index (χ3n) is 4.58. The fraction of sp³-hybridized carbons (Fsp3) is 0.286. The molecular weight excluding hydrogens is 358 g/mol. The molecule has 0 saturated carbocycles. The fourth-order valence-corrected chi connectivity index (χ4v) is 3.33. The summed E-state index contributed by atoms with van der Waals surface area (Å²) in [5.74, 6) is 1.58. The second-order valence-corrected chi connectivity index (χ2v) is 6.55. The maximum absolute atomic E-state index is 5.66. The first-order valence-electron chi connectivity index (χ1n) is 9.00. The molecular formula is C21H25N3O2S. The van der Waals surface area contributed by atoms with Gasteiger partial charge in [-0.05, 0) is 48.5 Å². The lowest BCUT2D eigenvalue weighted by molar-refractivity contribution is 0.310. The Bertz CT molecular complexity index is 923. The molecule has 0 aliphatic rings. The second-order valence-electron chi connectivity index (χ2n) is 6.15. The molecule has 1 heterocycles. The van der Waals surface area contributed by atoms with Crippen LogP contribution in [-0.2, 0) is 0 Å². The van der Waals surface area contributed by atoms with Crippen LogP contribution in [0.1, 0.15) is 24.0 Å². The SMILES string of the molecule is CCOc1ccc([C@@H](CNC(=S)NC)c2c[nH]c3ccccc23)cc1OC. The molecule has 6 heteroatoms. The Hall–Kier alpha value is -2.73. The molecule has 0 amide bonds. The van der Waals surface area contributed by atoms with Crippen LogP contribution in [0.25, 0.3) is 10.9 Å². The predicted molar refractivity (Wildman–Crippen MR) is 114 cm³/mol. The zero-order chi connectivity index (χ0) is 19.2. The Labute approximate surface area is 165 Å². The lowest BCUT2D eigenvalue weighted by Gasteiger charge is -2.20. The van der Waals surface area contributed by atoms with Gasteiger partial charge in [-0.1, -0.05) is 24.3 Å². The van der Waals surface area contributed by atoms with Crippen LogP contribution in [0.5, 0.6) is 11.5 Å². The van der Waals surface area contributed by atoms with E-state index >= 15 is 0 Å². The summed E-state index contributed by atoms with van der Waals surface area (Å²) in [6.07, 6.45) is 2.07. The third kappa shape index (κ3) is 4.17. The minimum atomic E-state index is 0.0945. The lowest BCUT2D eigenvalue weighted by Crippen LogP contribution is -2.35. The molecule has 5 nitrogen and oxygen atoms in total. The monoisotopic (exact) mass is 383 g/mol. The van der Waals surface area contributed by atoms with Gasteiger partial charge in [0.25, 0.3) is 0 Å². The van der Waals surface area contributed by atoms with Gasteiger partial charge in [0.2, 0.25) is 0 Å². The van der Waals surface area contributed by atoms with Crippen LogP contribution in [0.15, 0.2) is 48.7 Å². The maximum Gasteiger partial charge on any atom is 0.166 e. The van der Waals surface area contributed by atoms with Gasteiger partial charge in [-0.25, -0.2) is 0 Å². The first kappa shape index (κ1) is 19.0. The molecule has 2 aromatic carbocycles. The molecule has 142 valence electrons. The number of fused-ring (bicyclic) bond motifs is 1. The number of thiocarbonyl (C=S) groups is 1. The molecule has 3 N–H and O–H groups in total. The molecule has 1 atom stereocenters. The van der Waals surface area contributed by atoms with Crippen LogP contribution in [0.4, 0.5) is 0 Å². The van der Waals surface area contributed by atoms with Gasteiger partial charge in [0.05, 0.1) is 13.7 Å². The quantitative estimate of drug-likeness (QED) is 0.542. The van der Waals surface area contributed by atoms with Crippen molar-refractivity contribution in [1.82, 2.24) is 15.6 Å². The standard InChI is InChI=1S/C21H25N3O2S/c1-4-26-19-10-9-14(11-20(19)25-3)16(12-24-21(27)22-2)17-13-23-18-8-6-5-7-15(17)18/h5-11,13,16,23H,4,12H2,1-3H3,(H2,22,24,27)/t16-/m1/s1. The average Bonchev–Trinajstić information content (AvgIpc) is 3.13. The van der Waals surface area contributed by atoms with Crippen LogP contribution in [-0.4, -0.2) is 37.4 Å². The van der Waals surface area contributed by atoms with E-state index in [4.69, 9.17) is 21.7 Å². The van der Waals surface area contributed by atoms with Gasteiger partial charge in [0.1, 0.15) is 0 Å². The van der Waals surface area contributed by atoms with Crippen molar-refractivity contribution in [2.75, 3.05) is 27.3 Å². The smallest absolute Gasteiger partial charge is 0.166 e. The van der Waals surface area contributed by atoms with E-state index in [-0.39, 0.29) is 5.92 Å². The van der Waals surface area contributed by atoms with E-state index in [0.29, 0.717) is 18.3 Å². The maximum atomic E-state index is 5.66. The van der Waals surface area contributed by atoms with E-state index < -0.39 is 0 Å². The number of ether oxygens (including phenoxy) is 2. The summed E-state index contributed by atoms with van der Waals surface area (Å²) in [5.41, 5.74) is 3.46. The van der Waals surface area contributed by atoms with Gasteiger partial charge in [0.15, 0.2) is 16.6 Å². The lowest BCUT2D eigenvalue weighted by atomic mass is 9.90. The average molecular weight is 384 g/mol. The molecule has 3 rings (SSSR count). The number of para-hydroxylation sites is 1. The van der Waals surface area contributed by atoms with Crippen LogP contribution < -0.4 is 20.1 Å². The van der Waals surface area contributed by atoms with Crippen molar-refractivity contribution in [3.63, 3.8) is 0 Å². The number of hydrogen-bond donors (Lipinski definition) is 3. The first-order chi connectivity index (χ1) is 13.2. The van der Waals surface area contributed by atoms with Gasteiger partial charge in [0, 0.05) is 36.6 Å². The first-order valence-corrected chi connectivity index (χ1v) is 9.41. The van der Waals surface area contributed by atoms with Gasteiger partial charge in [-0.3, -0.25) is 0 Å². The second kappa shape index (κ2) is 8.77. The van der Waals surface area contributed by atoms with Crippen molar-refractivity contribution in [2.45, 2.75) is 12.8 Å². The normalized spacial score (nSPS) is 11.8. The highest BCUT2D eigenvalue weighted by Gasteiger charge is 2.20. The van der Waals surface area contributed by atoms with Gasteiger partial charge in [-0.15, -0.1) is 0 Å². The van der Waals surface area contributed by atoms with Gasteiger partial charge < -0.3 is 25.1 Å². The molecule has 3 aromatic rings. The van der Waals surface area contributed by atoms with Crippen molar-refractivity contribution in [3.05, 3.63) is 59.8 Å². The van der Waals surface area contributed by atoms with Crippen LogP contribution in [0, 0.1) is 0 Å². The Morgan fingerprint density at radius 3 is 2.74 bits per heavy atom. The molecule has 1 aromatic heterocycles. The molecule has 0 radical (unpaired) electrons. The molecule has 0 fully saturated rings. The van der Waals surface area contributed by atoms with Crippen molar-refractivity contribution in [1.29, 1.82) is 0 Å². The van der Waals surface area contributed by atoms with E-state index in [0.717, 1.165) is 22.6 Å². The number of nitrogens with one attached hydrogen (secondary N) is 3. The van der Waals surface area contributed by atoms with Crippen LogP contribution in [0.3, 0.4) is 0 Å². The highest BCUT2D eigenvalue weighted by molar-refractivity contribution is 7.80. The molecule has 0 aliphatic heterocycles. The van der Waals surface area contributed by atoms with Crippen molar-refractivity contribution in [3.8, 4) is 11.5 Å². The highest BCUT2D eigenvalue weighted by atomic mass is 32.1. The number of H-pyrrole nitrogens is 1. The third-order valence-corrected chi connectivity index (χ3v) is 4.93. The van der Waals surface area contributed by atoms with E-state index in [1.54, 1.807) is 7.11 Å².